The first kappa shape index (κ1) is 18.4. The van der Waals surface area contributed by atoms with E-state index in [0.29, 0.717) is 17.0 Å². The van der Waals surface area contributed by atoms with Crippen molar-refractivity contribution in [2.45, 2.75) is 31.8 Å². The lowest BCUT2D eigenvalue weighted by molar-refractivity contribution is 0.489. The minimum absolute atomic E-state index is 0.0439. The highest BCUT2D eigenvalue weighted by atomic mass is 32.2. The van der Waals surface area contributed by atoms with Crippen LogP contribution in [-0.2, 0) is 16.4 Å². The molecule has 136 valence electrons. The van der Waals surface area contributed by atoms with E-state index >= 15 is 0 Å². The Kier molecular flexibility index (Phi) is 5.47. The van der Waals surface area contributed by atoms with Crippen LogP contribution < -0.4 is 10.0 Å². The molecule has 2 atom stereocenters. The van der Waals surface area contributed by atoms with Gasteiger partial charge in [0, 0.05) is 35.5 Å². The quantitative estimate of drug-likeness (QED) is 0.798. The minimum Gasteiger partial charge on any atom is -0.312 e. The summed E-state index contributed by atoms with van der Waals surface area (Å²) < 4.78 is 53.0. The Balaban J connectivity index is 1.72. The number of hydrogen-bond acceptors (Lipinski definition) is 5. The third kappa shape index (κ3) is 4.60. The van der Waals surface area contributed by atoms with Gasteiger partial charge in [0.15, 0.2) is 0 Å². The molecule has 5 nitrogen and oxygen atoms in total. The number of hydrogen-bond donors (Lipinski definition) is 2. The summed E-state index contributed by atoms with van der Waals surface area (Å²) in [6.45, 7) is 2.33. The number of aromatic nitrogens is 1. The average Bonchev–Trinajstić information content (AvgIpc) is 3.17. The first-order chi connectivity index (χ1) is 11.9. The summed E-state index contributed by atoms with van der Waals surface area (Å²) in [5.74, 6) is -1.24. The fourth-order valence-corrected chi connectivity index (χ4v) is 4.60. The van der Waals surface area contributed by atoms with Gasteiger partial charge in [-0.05, 0) is 32.0 Å². The predicted molar refractivity (Wildman–Crippen MR) is 94.0 cm³/mol. The van der Waals surface area contributed by atoms with Crippen LogP contribution in [0.5, 0.6) is 0 Å². The van der Waals surface area contributed by atoms with Crippen LogP contribution in [0, 0.1) is 11.6 Å². The molecule has 1 aliphatic heterocycles. The smallest absolute Gasteiger partial charge is 0.211 e. The molecule has 2 N–H and O–H groups in total. The maximum absolute atomic E-state index is 13.4. The summed E-state index contributed by atoms with van der Waals surface area (Å²) in [7, 11) is -3.27. The molecule has 0 amide bonds. The van der Waals surface area contributed by atoms with Crippen LogP contribution in [0.4, 0.5) is 8.78 Å². The van der Waals surface area contributed by atoms with E-state index in [9.17, 15) is 17.2 Å². The predicted octanol–water partition coefficient (Wildman–Crippen LogP) is 2.30. The van der Waals surface area contributed by atoms with Crippen LogP contribution in [0.25, 0.3) is 10.6 Å². The highest BCUT2D eigenvalue weighted by Gasteiger charge is 2.30. The number of benzene rings is 1. The van der Waals surface area contributed by atoms with Crippen molar-refractivity contribution in [1.82, 2.24) is 15.0 Å². The minimum atomic E-state index is -3.27. The number of nitrogens with one attached hydrogen (secondary N) is 2. The van der Waals surface area contributed by atoms with Crippen LogP contribution in [-0.4, -0.2) is 37.8 Å². The number of thiazole rings is 1. The molecular formula is C16H19F2N3O2S2. The van der Waals surface area contributed by atoms with Crippen LogP contribution in [0.1, 0.15) is 19.0 Å². The second-order valence-electron chi connectivity index (χ2n) is 5.98. The molecule has 2 heterocycles. The molecule has 25 heavy (non-hydrogen) atoms. The number of sulfonamides is 1. The second-order valence-corrected chi connectivity index (χ2v) is 8.88. The Morgan fingerprint density at radius 1 is 1.32 bits per heavy atom. The highest BCUT2D eigenvalue weighted by molar-refractivity contribution is 7.89. The van der Waals surface area contributed by atoms with Crippen molar-refractivity contribution in [3.63, 3.8) is 0 Å². The molecule has 1 aliphatic rings. The summed E-state index contributed by atoms with van der Waals surface area (Å²) >= 11 is 1.31. The maximum Gasteiger partial charge on any atom is 0.211 e. The monoisotopic (exact) mass is 387 g/mol. The van der Waals surface area contributed by atoms with Crippen molar-refractivity contribution >= 4 is 21.4 Å². The molecule has 0 unspecified atom stereocenters. The molecule has 0 radical (unpaired) electrons. The lowest BCUT2D eigenvalue weighted by Crippen LogP contribution is -2.45. The molecule has 1 fully saturated rings. The largest absolute Gasteiger partial charge is 0.312 e. The zero-order chi connectivity index (χ0) is 18.0. The van der Waals surface area contributed by atoms with E-state index in [4.69, 9.17) is 0 Å². The van der Waals surface area contributed by atoms with Crippen LogP contribution in [0.2, 0.25) is 0 Å². The van der Waals surface area contributed by atoms with Gasteiger partial charge in [0.2, 0.25) is 10.0 Å². The molecule has 1 saturated heterocycles. The molecule has 0 aliphatic carbocycles. The lowest BCUT2D eigenvalue weighted by atomic mass is 10.1. The third-order valence-electron chi connectivity index (χ3n) is 4.15. The third-order valence-corrected chi connectivity index (χ3v) is 6.51. The first-order valence-electron chi connectivity index (χ1n) is 8.00. The van der Waals surface area contributed by atoms with Gasteiger partial charge in [0.05, 0.1) is 11.4 Å². The van der Waals surface area contributed by atoms with E-state index in [1.165, 1.54) is 23.5 Å². The lowest BCUT2D eigenvalue weighted by Gasteiger charge is -2.19. The molecule has 0 bridgehead atoms. The van der Waals surface area contributed by atoms with Crippen molar-refractivity contribution in [1.29, 1.82) is 0 Å². The van der Waals surface area contributed by atoms with Gasteiger partial charge in [0.25, 0.3) is 0 Å². The number of rotatable bonds is 6. The van der Waals surface area contributed by atoms with Gasteiger partial charge in [-0.3, -0.25) is 0 Å². The van der Waals surface area contributed by atoms with Crippen molar-refractivity contribution < 1.29 is 17.2 Å². The molecule has 0 spiro atoms. The molecule has 1 aromatic carbocycles. The van der Waals surface area contributed by atoms with E-state index < -0.39 is 21.7 Å². The van der Waals surface area contributed by atoms with Crippen molar-refractivity contribution in [2.24, 2.45) is 0 Å². The molecule has 0 saturated carbocycles. The zero-order valence-corrected chi connectivity index (χ0v) is 15.3. The van der Waals surface area contributed by atoms with Gasteiger partial charge in [-0.2, -0.15) is 0 Å². The number of halogens is 2. The Bertz CT molecular complexity index is 835. The Labute approximate surface area is 149 Å². The van der Waals surface area contributed by atoms with E-state index in [0.717, 1.165) is 24.7 Å². The van der Waals surface area contributed by atoms with E-state index in [1.807, 2.05) is 5.38 Å². The Morgan fingerprint density at radius 2 is 2.04 bits per heavy atom. The summed E-state index contributed by atoms with van der Waals surface area (Å²) in [4.78, 5) is 4.45. The summed E-state index contributed by atoms with van der Waals surface area (Å²) in [6, 6.07) is 3.09. The summed E-state index contributed by atoms with van der Waals surface area (Å²) in [6.07, 6.45) is 1.27. The Morgan fingerprint density at radius 3 is 2.72 bits per heavy atom. The fraction of sp³-hybridized carbons (Fsp3) is 0.438. The average molecular weight is 387 g/mol. The van der Waals surface area contributed by atoms with E-state index in [1.54, 1.807) is 6.92 Å². The molecule has 9 heteroatoms. The first-order valence-corrected chi connectivity index (χ1v) is 10.5. The van der Waals surface area contributed by atoms with Crippen molar-refractivity contribution in [3.05, 3.63) is 40.9 Å². The van der Waals surface area contributed by atoms with Gasteiger partial charge in [-0.15, -0.1) is 11.3 Å². The topological polar surface area (TPSA) is 71.1 Å². The maximum atomic E-state index is 13.4. The van der Waals surface area contributed by atoms with Crippen molar-refractivity contribution in [3.8, 4) is 10.6 Å². The second kappa shape index (κ2) is 7.45. The molecule has 1 aromatic heterocycles. The van der Waals surface area contributed by atoms with E-state index in [-0.39, 0.29) is 17.8 Å². The molecule has 2 aromatic rings. The van der Waals surface area contributed by atoms with E-state index in [2.05, 4.69) is 15.0 Å². The molecule has 3 rings (SSSR count). The zero-order valence-electron chi connectivity index (χ0n) is 13.6. The van der Waals surface area contributed by atoms with Gasteiger partial charge >= 0.3 is 0 Å². The summed E-state index contributed by atoms with van der Waals surface area (Å²) in [5.41, 5.74) is 1.17. The fourth-order valence-electron chi connectivity index (χ4n) is 2.87. The summed E-state index contributed by atoms with van der Waals surface area (Å²) in [5, 5.41) is 5.66. The van der Waals surface area contributed by atoms with Crippen LogP contribution in [0.15, 0.2) is 23.6 Å². The highest BCUT2D eigenvalue weighted by Crippen LogP contribution is 2.26. The SMILES string of the molecule is CCS(=O)(=O)N[C@H]1CCN[C@H]1Cc1csc(-c2cc(F)cc(F)c2)n1. The van der Waals surface area contributed by atoms with Gasteiger partial charge in [0.1, 0.15) is 16.6 Å². The normalized spacial score (nSPS) is 20.9. The van der Waals surface area contributed by atoms with Crippen LogP contribution >= 0.6 is 11.3 Å². The molecular weight excluding hydrogens is 368 g/mol. The standard InChI is InChI=1S/C16H19F2N3O2S2/c1-2-25(22,23)21-14-3-4-19-15(14)8-13-9-24-16(20-13)10-5-11(17)7-12(18)6-10/h5-7,9,14-15,19,21H,2-4,8H2,1H3/t14-,15-/m0/s1. The van der Waals surface area contributed by atoms with Gasteiger partial charge in [-0.1, -0.05) is 0 Å². The van der Waals surface area contributed by atoms with Gasteiger partial charge < -0.3 is 5.32 Å². The van der Waals surface area contributed by atoms with Crippen LogP contribution in [0.3, 0.4) is 0 Å². The van der Waals surface area contributed by atoms with Gasteiger partial charge in [-0.25, -0.2) is 26.9 Å². The number of nitrogens with zero attached hydrogens (tertiary/aromatic N) is 1. The Hall–Kier alpha value is -1.42. The van der Waals surface area contributed by atoms with Crippen molar-refractivity contribution in [2.75, 3.05) is 12.3 Å².